The molecule has 0 fully saturated rings. The molecular formula is C22H38F3NO3S. The van der Waals surface area contributed by atoms with Gasteiger partial charge >= 0.3 is 15.6 Å². The third-order valence-corrected chi connectivity index (χ3v) is 5.56. The van der Waals surface area contributed by atoms with Gasteiger partial charge in [-0.25, -0.2) is 0 Å². The predicted octanol–water partition coefficient (Wildman–Crippen LogP) is 6.47. The van der Waals surface area contributed by atoms with E-state index in [1.165, 1.54) is 76.2 Å². The van der Waals surface area contributed by atoms with Crippen LogP contribution in [-0.2, 0) is 16.5 Å². The molecule has 0 bridgehead atoms. The minimum atomic E-state index is -5.84. The van der Waals surface area contributed by atoms with Crippen LogP contribution in [0.4, 0.5) is 13.2 Å². The van der Waals surface area contributed by atoms with Gasteiger partial charge in [-0.2, -0.15) is 21.6 Å². The van der Waals surface area contributed by atoms with Crippen LogP contribution >= 0.6 is 0 Å². The Hall–Kier alpha value is -1.12. The molecular weight excluding hydrogens is 415 g/mol. The maximum atomic E-state index is 10.7. The van der Waals surface area contributed by atoms with Crippen LogP contribution in [0.25, 0.3) is 0 Å². The molecule has 1 atom stereocenters. The number of alkyl halides is 3. The monoisotopic (exact) mass is 453 g/mol. The molecule has 0 spiro atoms. The molecule has 1 N–H and O–H groups in total. The quantitative estimate of drug-likeness (QED) is 0.211. The Kier molecular flexibility index (Phi) is 15.1. The van der Waals surface area contributed by atoms with Gasteiger partial charge in [0.1, 0.15) is 0 Å². The molecule has 0 aliphatic rings. The van der Waals surface area contributed by atoms with Crippen molar-refractivity contribution in [3.8, 4) is 0 Å². The van der Waals surface area contributed by atoms with Crippen molar-refractivity contribution in [3.63, 3.8) is 0 Å². The molecule has 0 saturated heterocycles. The highest BCUT2D eigenvalue weighted by Crippen LogP contribution is 2.20. The minimum absolute atomic E-state index is 0.687. The summed E-state index contributed by atoms with van der Waals surface area (Å²) >= 11 is 0. The highest BCUT2D eigenvalue weighted by Gasteiger charge is 2.44. The topological polar surface area (TPSA) is 57.6 Å². The molecule has 1 aromatic carbocycles. The summed E-state index contributed by atoms with van der Waals surface area (Å²) in [5.74, 6) is 0. The number of rotatable bonds is 13. The standard InChI is InChI=1S/C21H37N.CHF3O3S/c1-4-5-6-7-8-9-10-11-15-18-21(22(2)3)19-20-16-13-12-14-17-20;2-1(3,4)8(5,6)7/h12-14,16-17,21H,4-11,15,18-19H2,1-3H3;(H,5,6,7). The zero-order chi connectivity index (χ0) is 23.0. The van der Waals surface area contributed by atoms with Crippen molar-refractivity contribution in [1.29, 1.82) is 0 Å². The molecule has 1 unspecified atom stereocenters. The Morgan fingerprint density at radius 3 is 1.73 bits per heavy atom. The predicted molar refractivity (Wildman–Crippen MR) is 117 cm³/mol. The lowest BCUT2D eigenvalue weighted by molar-refractivity contribution is -0.0510. The summed E-state index contributed by atoms with van der Waals surface area (Å²) < 4.78 is 57.5. The summed E-state index contributed by atoms with van der Waals surface area (Å²) in [6.45, 7) is 2.29. The fourth-order valence-electron chi connectivity index (χ4n) is 3.12. The Morgan fingerprint density at radius 2 is 1.33 bits per heavy atom. The molecule has 1 rings (SSSR count). The second-order valence-corrected chi connectivity index (χ2v) is 9.26. The molecule has 1 aromatic rings. The summed E-state index contributed by atoms with van der Waals surface area (Å²) in [6, 6.07) is 11.6. The molecule has 0 aliphatic heterocycles. The average molecular weight is 454 g/mol. The first-order valence-electron chi connectivity index (χ1n) is 10.7. The van der Waals surface area contributed by atoms with E-state index in [1.54, 1.807) is 0 Å². The summed E-state index contributed by atoms with van der Waals surface area (Å²) in [5.41, 5.74) is -4.07. The van der Waals surface area contributed by atoms with E-state index in [-0.39, 0.29) is 0 Å². The van der Waals surface area contributed by atoms with Crippen molar-refractivity contribution >= 4 is 10.1 Å². The van der Waals surface area contributed by atoms with Gasteiger partial charge in [-0.1, -0.05) is 95.0 Å². The van der Waals surface area contributed by atoms with E-state index in [0.29, 0.717) is 6.04 Å². The van der Waals surface area contributed by atoms with Gasteiger partial charge in [0, 0.05) is 6.04 Å². The van der Waals surface area contributed by atoms with Gasteiger partial charge in [-0.3, -0.25) is 4.55 Å². The number of hydrogen-bond donors (Lipinski definition) is 1. The summed E-state index contributed by atoms with van der Waals surface area (Å²) in [6.07, 6.45) is 15.3. The van der Waals surface area contributed by atoms with E-state index < -0.39 is 15.6 Å². The molecule has 0 heterocycles. The van der Waals surface area contributed by atoms with Crippen LogP contribution in [0.2, 0.25) is 0 Å². The van der Waals surface area contributed by atoms with Crippen molar-refractivity contribution in [1.82, 2.24) is 4.90 Å². The number of unbranched alkanes of at least 4 members (excludes halogenated alkanes) is 8. The average Bonchev–Trinajstić information content (AvgIpc) is 2.65. The van der Waals surface area contributed by atoms with E-state index in [0.717, 1.165) is 0 Å². The summed E-state index contributed by atoms with van der Waals surface area (Å²) in [5, 5.41) is 0. The van der Waals surface area contributed by atoms with Crippen molar-refractivity contribution in [2.45, 2.75) is 89.1 Å². The summed E-state index contributed by atoms with van der Waals surface area (Å²) in [7, 11) is -1.39. The zero-order valence-corrected chi connectivity index (χ0v) is 19.3. The van der Waals surface area contributed by atoms with Crippen LogP contribution in [-0.4, -0.2) is 43.5 Å². The minimum Gasteiger partial charge on any atom is -0.306 e. The van der Waals surface area contributed by atoms with Gasteiger partial charge in [0.2, 0.25) is 0 Å². The highest BCUT2D eigenvalue weighted by molar-refractivity contribution is 7.86. The molecule has 0 saturated carbocycles. The summed E-state index contributed by atoms with van der Waals surface area (Å²) in [4.78, 5) is 2.40. The molecule has 0 radical (unpaired) electrons. The number of nitrogens with zero attached hydrogens (tertiary/aromatic N) is 1. The first-order chi connectivity index (χ1) is 14.0. The van der Waals surface area contributed by atoms with Crippen LogP contribution in [0.3, 0.4) is 0 Å². The van der Waals surface area contributed by atoms with Crippen molar-refractivity contribution < 1.29 is 26.1 Å². The Bertz CT molecular complexity index is 635. The van der Waals surface area contributed by atoms with Crippen molar-refractivity contribution in [2.75, 3.05) is 14.1 Å². The van der Waals surface area contributed by atoms with Gasteiger partial charge in [-0.05, 0) is 32.5 Å². The first-order valence-corrected chi connectivity index (χ1v) is 12.2. The lowest BCUT2D eigenvalue weighted by Crippen LogP contribution is -2.30. The highest BCUT2D eigenvalue weighted by atomic mass is 32.2. The third-order valence-electron chi connectivity index (χ3n) is 4.98. The second kappa shape index (κ2) is 15.6. The SMILES string of the molecule is CCCCCCCCCCCC(Cc1ccccc1)N(C)C.O=S(=O)(O)C(F)(F)F. The normalized spacial score (nSPS) is 13.1. The fraction of sp³-hybridized carbons (Fsp3) is 0.727. The van der Waals surface area contributed by atoms with E-state index in [2.05, 4.69) is 56.3 Å². The van der Waals surface area contributed by atoms with Gasteiger partial charge < -0.3 is 4.90 Å². The van der Waals surface area contributed by atoms with Crippen LogP contribution in [0.1, 0.15) is 76.7 Å². The lowest BCUT2D eigenvalue weighted by atomic mass is 9.98. The molecule has 30 heavy (non-hydrogen) atoms. The van der Waals surface area contributed by atoms with E-state index in [4.69, 9.17) is 13.0 Å². The van der Waals surface area contributed by atoms with Gasteiger partial charge in [0.05, 0.1) is 0 Å². The lowest BCUT2D eigenvalue weighted by Gasteiger charge is -2.24. The van der Waals surface area contributed by atoms with Crippen LogP contribution in [0, 0.1) is 0 Å². The molecule has 0 aliphatic carbocycles. The molecule has 0 aromatic heterocycles. The molecule has 4 nitrogen and oxygen atoms in total. The Labute approximate surface area is 180 Å². The molecule has 0 amide bonds. The van der Waals surface area contributed by atoms with Gasteiger partial charge in [0.15, 0.2) is 0 Å². The third kappa shape index (κ3) is 14.8. The molecule has 8 heteroatoms. The van der Waals surface area contributed by atoms with Crippen LogP contribution in [0.15, 0.2) is 30.3 Å². The van der Waals surface area contributed by atoms with Gasteiger partial charge in [-0.15, -0.1) is 0 Å². The van der Waals surface area contributed by atoms with E-state index in [9.17, 15) is 13.2 Å². The van der Waals surface area contributed by atoms with Crippen LogP contribution < -0.4 is 0 Å². The molecule has 176 valence electrons. The Morgan fingerprint density at radius 1 is 0.900 bits per heavy atom. The number of benzene rings is 1. The van der Waals surface area contributed by atoms with E-state index >= 15 is 0 Å². The van der Waals surface area contributed by atoms with E-state index in [1.807, 2.05) is 0 Å². The first kappa shape index (κ1) is 28.9. The largest absolute Gasteiger partial charge is 0.522 e. The number of halogens is 3. The number of likely N-dealkylation sites (N-methyl/N-ethyl adjacent to an activating group) is 1. The maximum Gasteiger partial charge on any atom is 0.522 e. The van der Waals surface area contributed by atoms with Crippen molar-refractivity contribution in [3.05, 3.63) is 35.9 Å². The van der Waals surface area contributed by atoms with Gasteiger partial charge in [0.25, 0.3) is 0 Å². The zero-order valence-electron chi connectivity index (χ0n) is 18.5. The fourth-order valence-corrected chi connectivity index (χ4v) is 3.12. The maximum absolute atomic E-state index is 10.7. The smallest absolute Gasteiger partial charge is 0.306 e. The van der Waals surface area contributed by atoms with Crippen molar-refractivity contribution in [2.24, 2.45) is 0 Å². The number of hydrogen-bond acceptors (Lipinski definition) is 3. The van der Waals surface area contributed by atoms with Crippen LogP contribution in [0.5, 0.6) is 0 Å². The second-order valence-electron chi connectivity index (χ2n) is 7.85. The Balaban J connectivity index is 0.000000890.